The van der Waals surface area contributed by atoms with Gasteiger partial charge in [-0.15, -0.1) is 0 Å². The molecule has 0 aromatic heterocycles. The van der Waals surface area contributed by atoms with E-state index in [0.29, 0.717) is 23.4 Å². The highest BCUT2D eigenvalue weighted by molar-refractivity contribution is 5.94. The molecule has 5 heteroatoms. The second-order valence-electron chi connectivity index (χ2n) is 7.06. The lowest BCUT2D eigenvalue weighted by molar-refractivity contribution is 0.0949. The molecule has 0 aliphatic heterocycles. The topological polar surface area (TPSA) is 65.4 Å². The number of hydrogen-bond acceptors (Lipinski definition) is 4. The van der Waals surface area contributed by atoms with Crippen LogP contribution in [-0.4, -0.2) is 30.9 Å². The number of carbonyl (C=O) groups excluding carboxylic acids is 1. The van der Waals surface area contributed by atoms with Crippen molar-refractivity contribution in [3.05, 3.63) is 101 Å². The summed E-state index contributed by atoms with van der Waals surface area (Å²) in [4.78, 5) is 14.7. The number of nitrogens with one attached hydrogen (secondary N) is 1. The summed E-state index contributed by atoms with van der Waals surface area (Å²) in [6.45, 7) is 2.42. The molecular formula is C25H25N3O2. The molecule has 152 valence electrons. The summed E-state index contributed by atoms with van der Waals surface area (Å²) < 4.78 is 5.80. The van der Waals surface area contributed by atoms with E-state index in [1.54, 1.807) is 30.3 Å². The van der Waals surface area contributed by atoms with Crippen molar-refractivity contribution in [2.75, 3.05) is 20.1 Å². The molecular weight excluding hydrogens is 374 g/mol. The van der Waals surface area contributed by atoms with Crippen molar-refractivity contribution in [2.45, 2.75) is 13.2 Å². The standard InChI is InChI=1S/C25H25N3O2/c1-28(18-20-8-3-2-4-9-20)15-14-27-25(29)21-12-7-13-24(16-21)30-19-23-11-6-5-10-22(23)17-26/h2-13,16H,14-15,18-19H2,1H3,(H,27,29). The molecule has 30 heavy (non-hydrogen) atoms. The molecule has 3 aromatic carbocycles. The van der Waals surface area contributed by atoms with E-state index in [2.05, 4.69) is 28.4 Å². The van der Waals surface area contributed by atoms with Crippen LogP contribution in [0.2, 0.25) is 0 Å². The average molecular weight is 399 g/mol. The predicted molar refractivity (Wildman–Crippen MR) is 117 cm³/mol. The van der Waals surface area contributed by atoms with Crippen LogP contribution in [-0.2, 0) is 13.2 Å². The largest absolute Gasteiger partial charge is 0.489 e. The smallest absolute Gasteiger partial charge is 0.251 e. The van der Waals surface area contributed by atoms with Gasteiger partial charge in [-0.05, 0) is 36.9 Å². The van der Waals surface area contributed by atoms with E-state index >= 15 is 0 Å². The molecule has 0 unspecified atom stereocenters. The third kappa shape index (κ3) is 6.20. The molecule has 0 spiro atoms. The minimum Gasteiger partial charge on any atom is -0.489 e. The third-order valence-corrected chi connectivity index (χ3v) is 4.70. The van der Waals surface area contributed by atoms with Gasteiger partial charge in [-0.3, -0.25) is 4.79 Å². The maximum Gasteiger partial charge on any atom is 0.251 e. The van der Waals surface area contributed by atoms with Crippen molar-refractivity contribution in [1.29, 1.82) is 5.26 Å². The summed E-state index contributed by atoms with van der Waals surface area (Å²) in [6, 6.07) is 26.8. The van der Waals surface area contributed by atoms with Crippen molar-refractivity contribution in [3.63, 3.8) is 0 Å². The first-order valence-corrected chi connectivity index (χ1v) is 9.87. The second kappa shape index (κ2) is 10.8. The third-order valence-electron chi connectivity index (χ3n) is 4.70. The zero-order valence-electron chi connectivity index (χ0n) is 17.0. The van der Waals surface area contributed by atoms with Crippen LogP contribution in [0, 0.1) is 11.3 Å². The van der Waals surface area contributed by atoms with E-state index < -0.39 is 0 Å². The van der Waals surface area contributed by atoms with Gasteiger partial charge in [0.25, 0.3) is 5.91 Å². The number of benzene rings is 3. The monoisotopic (exact) mass is 399 g/mol. The number of nitriles is 1. The SMILES string of the molecule is CN(CCNC(=O)c1cccc(OCc2ccccc2C#N)c1)Cc1ccccc1. The quantitative estimate of drug-likeness (QED) is 0.591. The normalized spacial score (nSPS) is 10.4. The number of amides is 1. The van der Waals surface area contributed by atoms with Crippen LogP contribution in [0.15, 0.2) is 78.9 Å². The molecule has 3 rings (SSSR count). The Morgan fingerprint density at radius 2 is 1.80 bits per heavy atom. The molecule has 0 fully saturated rings. The average Bonchev–Trinajstić information content (AvgIpc) is 2.78. The summed E-state index contributed by atoms with van der Waals surface area (Å²) in [5.41, 5.74) is 3.20. The van der Waals surface area contributed by atoms with Crippen molar-refractivity contribution in [1.82, 2.24) is 10.2 Å². The Hall–Kier alpha value is -3.62. The van der Waals surface area contributed by atoms with E-state index in [0.717, 1.165) is 18.7 Å². The first-order chi connectivity index (χ1) is 14.7. The van der Waals surface area contributed by atoms with Crippen molar-refractivity contribution < 1.29 is 9.53 Å². The fourth-order valence-electron chi connectivity index (χ4n) is 3.08. The number of nitrogens with zero attached hydrogens (tertiary/aromatic N) is 2. The van der Waals surface area contributed by atoms with Crippen molar-refractivity contribution in [2.24, 2.45) is 0 Å². The Labute approximate surface area is 177 Å². The zero-order chi connectivity index (χ0) is 21.2. The number of ether oxygens (including phenoxy) is 1. The van der Waals surface area contributed by atoms with Crippen LogP contribution >= 0.6 is 0 Å². The lowest BCUT2D eigenvalue weighted by Gasteiger charge is -2.17. The number of hydrogen-bond donors (Lipinski definition) is 1. The lowest BCUT2D eigenvalue weighted by Crippen LogP contribution is -2.32. The van der Waals surface area contributed by atoms with Crippen LogP contribution in [0.25, 0.3) is 0 Å². The summed E-state index contributed by atoms with van der Waals surface area (Å²) in [7, 11) is 2.03. The van der Waals surface area contributed by atoms with Gasteiger partial charge in [-0.25, -0.2) is 0 Å². The predicted octanol–water partition coefficient (Wildman–Crippen LogP) is 4.00. The summed E-state index contributed by atoms with van der Waals surface area (Å²) >= 11 is 0. The van der Waals surface area contributed by atoms with Gasteiger partial charge in [0.15, 0.2) is 0 Å². The van der Waals surface area contributed by atoms with Crippen LogP contribution in [0.3, 0.4) is 0 Å². The van der Waals surface area contributed by atoms with Crippen LogP contribution in [0.1, 0.15) is 27.0 Å². The van der Waals surface area contributed by atoms with Gasteiger partial charge in [0.05, 0.1) is 11.6 Å². The molecule has 5 nitrogen and oxygen atoms in total. The summed E-state index contributed by atoms with van der Waals surface area (Å²) in [5.74, 6) is 0.461. The van der Waals surface area contributed by atoms with Gasteiger partial charge in [0, 0.05) is 30.8 Å². The molecule has 0 heterocycles. The van der Waals surface area contributed by atoms with Gasteiger partial charge >= 0.3 is 0 Å². The number of rotatable bonds is 9. The van der Waals surface area contributed by atoms with Crippen molar-refractivity contribution in [3.8, 4) is 11.8 Å². The first-order valence-electron chi connectivity index (χ1n) is 9.87. The fourth-order valence-corrected chi connectivity index (χ4v) is 3.08. The minimum atomic E-state index is -0.133. The van der Waals surface area contributed by atoms with Gasteiger partial charge in [0.1, 0.15) is 12.4 Å². The second-order valence-corrected chi connectivity index (χ2v) is 7.06. The van der Waals surface area contributed by atoms with E-state index in [1.807, 2.05) is 43.4 Å². The van der Waals surface area contributed by atoms with Gasteiger partial charge < -0.3 is 15.0 Å². The van der Waals surface area contributed by atoms with E-state index in [9.17, 15) is 10.1 Å². The first kappa shape index (κ1) is 21.1. The van der Waals surface area contributed by atoms with E-state index in [1.165, 1.54) is 5.56 Å². The van der Waals surface area contributed by atoms with Gasteiger partial charge in [-0.1, -0.05) is 54.6 Å². The van der Waals surface area contributed by atoms with E-state index in [-0.39, 0.29) is 12.5 Å². The van der Waals surface area contributed by atoms with Gasteiger partial charge in [0.2, 0.25) is 0 Å². The van der Waals surface area contributed by atoms with Crippen LogP contribution < -0.4 is 10.1 Å². The Kier molecular flexibility index (Phi) is 7.59. The Bertz CT molecular complexity index is 1010. The minimum absolute atomic E-state index is 0.133. The molecule has 0 atom stereocenters. The van der Waals surface area contributed by atoms with E-state index in [4.69, 9.17) is 4.74 Å². The van der Waals surface area contributed by atoms with Crippen LogP contribution in [0.5, 0.6) is 5.75 Å². The fraction of sp³-hybridized carbons (Fsp3) is 0.200. The van der Waals surface area contributed by atoms with Crippen molar-refractivity contribution >= 4 is 5.91 Å². The highest BCUT2D eigenvalue weighted by atomic mass is 16.5. The highest BCUT2D eigenvalue weighted by Gasteiger charge is 2.08. The number of likely N-dealkylation sites (N-methyl/N-ethyl adjacent to an activating group) is 1. The number of carbonyl (C=O) groups is 1. The Morgan fingerprint density at radius 3 is 2.60 bits per heavy atom. The molecule has 0 aliphatic rings. The highest BCUT2D eigenvalue weighted by Crippen LogP contribution is 2.16. The molecule has 0 saturated heterocycles. The molecule has 0 saturated carbocycles. The molecule has 3 aromatic rings. The molecule has 0 aliphatic carbocycles. The summed E-state index contributed by atoms with van der Waals surface area (Å²) in [5, 5.41) is 12.1. The Morgan fingerprint density at radius 1 is 1.03 bits per heavy atom. The molecule has 1 N–H and O–H groups in total. The molecule has 1 amide bonds. The molecule has 0 bridgehead atoms. The van der Waals surface area contributed by atoms with Crippen LogP contribution in [0.4, 0.5) is 0 Å². The maximum absolute atomic E-state index is 12.5. The summed E-state index contributed by atoms with van der Waals surface area (Å²) in [6.07, 6.45) is 0. The lowest BCUT2D eigenvalue weighted by atomic mass is 10.1. The maximum atomic E-state index is 12.5. The Balaban J connectivity index is 1.49. The molecule has 0 radical (unpaired) electrons. The zero-order valence-corrected chi connectivity index (χ0v) is 17.0. The van der Waals surface area contributed by atoms with Gasteiger partial charge in [-0.2, -0.15) is 5.26 Å².